The highest BCUT2D eigenvalue weighted by atomic mass is 19.1. The standard InChI is InChI=1S/C16H25F2NO/c1-2-3-4-5-6-7-8-9-20-16-14(17)10-13(12-19)11-15(16)18/h10-11H,2-9,12,19H2,1H3. The molecule has 114 valence electrons. The Bertz CT molecular complexity index is 373. The lowest BCUT2D eigenvalue weighted by atomic mass is 10.1. The van der Waals surface area contributed by atoms with E-state index in [9.17, 15) is 8.78 Å². The summed E-state index contributed by atoms with van der Waals surface area (Å²) in [7, 11) is 0. The van der Waals surface area contributed by atoms with Crippen LogP contribution in [0.1, 0.15) is 57.4 Å². The third-order valence-electron chi connectivity index (χ3n) is 3.29. The summed E-state index contributed by atoms with van der Waals surface area (Å²) < 4.78 is 32.4. The Kier molecular flexibility index (Phi) is 8.19. The lowest BCUT2D eigenvalue weighted by molar-refractivity contribution is 0.274. The third kappa shape index (κ3) is 5.87. The molecule has 0 aliphatic carbocycles. The molecule has 1 aromatic rings. The maximum absolute atomic E-state index is 13.6. The number of unbranched alkanes of at least 4 members (excludes halogenated alkanes) is 6. The molecule has 0 radical (unpaired) electrons. The highest BCUT2D eigenvalue weighted by molar-refractivity contribution is 5.31. The zero-order chi connectivity index (χ0) is 14.8. The van der Waals surface area contributed by atoms with Crippen molar-refractivity contribution >= 4 is 0 Å². The van der Waals surface area contributed by atoms with Crippen molar-refractivity contribution in [2.24, 2.45) is 5.73 Å². The Morgan fingerprint density at radius 3 is 2.05 bits per heavy atom. The SMILES string of the molecule is CCCCCCCCCOc1c(F)cc(CN)cc1F. The van der Waals surface area contributed by atoms with Crippen molar-refractivity contribution < 1.29 is 13.5 Å². The van der Waals surface area contributed by atoms with Crippen molar-refractivity contribution in [3.05, 3.63) is 29.3 Å². The van der Waals surface area contributed by atoms with E-state index in [2.05, 4.69) is 6.92 Å². The average Bonchev–Trinajstić information content (AvgIpc) is 2.43. The van der Waals surface area contributed by atoms with Crippen LogP contribution in [0.4, 0.5) is 8.78 Å². The second-order valence-electron chi connectivity index (χ2n) is 5.06. The average molecular weight is 285 g/mol. The van der Waals surface area contributed by atoms with E-state index in [-0.39, 0.29) is 12.3 Å². The van der Waals surface area contributed by atoms with E-state index >= 15 is 0 Å². The van der Waals surface area contributed by atoms with Crippen LogP contribution in [0.5, 0.6) is 5.75 Å². The number of hydrogen-bond donors (Lipinski definition) is 1. The van der Waals surface area contributed by atoms with E-state index in [0.29, 0.717) is 12.2 Å². The van der Waals surface area contributed by atoms with Crippen molar-refractivity contribution in [1.82, 2.24) is 0 Å². The molecule has 2 N–H and O–H groups in total. The Balaban J connectivity index is 2.25. The van der Waals surface area contributed by atoms with Crippen molar-refractivity contribution in [1.29, 1.82) is 0 Å². The monoisotopic (exact) mass is 285 g/mol. The molecule has 0 aliphatic heterocycles. The second-order valence-corrected chi connectivity index (χ2v) is 5.06. The highest BCUT2D eigenvalue weighted by Gasteiger charge is 2.11. The summed E-state index contributed by atoms with van der Waals surface area (Å²) in [6, 6.07) is 2.45. The van der Waals surface area contributed by atoms with Crippen LogP contribution in [0.15, 0.2) is 12.1 Å². The number of hydrogen-bond acceptors (Lipinski definition) is 2. The summed E-state index contributed by atoms with van der Waals surface area (Å²) in [6.07, 6.45) is 8.02. The first-order chi connectivity index (χ1) is 9.69. The minimum absolute atomic E-state index is 0.117. The Hall–Kier alpha value is -1.16. The lowest BCUT2D eigenvalue weighted by Crippen LogP contribution is -2.04. The zero-order valence-corrected chi connectivity index (χ0v) is 12.3. The molecule has 1 rings (SSSR count). The number of nitrogens with two attached hydrogens (primary N) is 1. The maximum atomic E-state index is 13.6. The predicted octanol–water partition coefficient (Wildman–Crippen LogP) is 4.55. The Morgan fingerprint density at radius 1 is 0.950 bits per heavy atom. The van der Waals surface area contributed by atoms with Gasteiger partial charge in [-0.1, -0.05) is 45.4 Å². The number of benzene rings is 1. The van der Waals surface area contributed by atoms with Gasteiger partial charge in [-0.15, -0.1) is 0 Å². The fraction of sp³-hybridized carbons (Fsp3) is 0.625. The molecule has 0 saturated heterocycles. The number of halogens is 2. The van der Waals surface area contributed by atoms with Gasteiger partial charge in [-0.25, -0.2) is 8.78 Å². The predicted molar refractivity (Wildman–Crippen MR) is 77.7 cm³/mol. The topological polar surface area (TPSA) is 35.2 Å². The number of rotatable bonds is 10. The van der Waals surface area contributed by atoms with E-state index in [1.165, 1.54) is 37.8 Å². The van der Waals surface area contributed by atoms with Gasteiger partial charge in [0.15, 0.2) is 17.4 Å². The molecule has 20 heavy (non-hydrogen) atoms. The van der Waals surface area contributed by atoms with Crippen LogP contribution in [-0.2, 0) is 6.54 Å². The molecule has 0 bridgehead atoms. The van der Waals surface area contributed by atoms with Crippen LogP contribution in [0.2, 0.25) is 0 Å². The van der Waals surface area contributed by atoms with Gasteiger partial charge < -0.3 is 10.5 Å². The van der Waals surface area contributed by atoms with Crippen molar-refractivity contribution in [3.63, 3.8) is 0 Å². The first-order valence-corrected chi connectivity index (χ1v) is 7.49. The summed E-state index contributed by atoms with van der Waals surface area (Å²) in [5.41, 5.74) is 5.79. The molecule has 0 atom stereocenters. The molecule has 0 aromatic heterocycles. The van der Waals surface area contributed by atoms with Crippen molar-refractivity contribution in [2.45, 2.75) is 58.4 Å². The molecule has 1 aromatic carbocycles. The molecular formula is C16H25F2NO. The molecule has 0 spiro atoms. The van der Waals surface area contributed by atoms with Gasteiger partial charge in [-0.05, 0) is 24.1 Å². The van der Waals surface area contributed by atoms with Gasteiger partial charge in [0, 0.05) is 6.54 Å². The van der Waals surface area contributed by atoms with E-state index in [1.54, 1.807) is 0 Å². The van der Waals surface area contributed by atoms with E-state index in [0.717, 1.165) is 19.3 Å². The van der Waals surface area contributed by atoms with Gasteiger partial charge >= 0.3 is 0 Å². The first kappa shape index (κ1) is 16.9. The van der Waals surface area contributed by atoms with Crippen LogP contribution >= 0.6 is 0 Å². The van der Waals surface area contributed by atoms with Gasteiger partial charge in [0.2, 0.25) is 0 Å². The zero-order valence-electron chi connectivity index (χ0n) is 12.3. The fourth-order valence-corrected chi connectivity index (χ4v) is 2.10. The quantitative estimate of drug-likeness (QED) is 0.640. The van der Waals surface area contributed by atoms with E-state index in [4.69, 9.17) is 10.5 Å². The molecule has 0 aliphatic rings. The minimum atomic E-state index is -0.673. The maximum Gasteiger partial charge on any atom is 0.190 e. The molecule has 0 amide bonds. The third-order valence-corrected chi connectivity index (χ3v) is 3.29. The summed E-state index contributed by atoms with van der Waals surface area (Å²) in [5, 5.41) is 0. The molecule has 0 fully saturated rings. The molecule has 4 heteroatoms. The van der Waals surface area contributed by atoms with Crippen LogP contribution < -0.4 is 10.5 Å². The van der Waals surface area contributed by atoms with Gasteiger partial charge in [0.1, 0.15) is 0 Å². The van der Waals surface area contributed by atoms with Crippen molar-refractivity contribution in [3.8, 4) is 5.75 Å². The lowest BCUT2D eigenvalue weighted by Gasteiger charge is -2.09. The normalized spacial score (nSPS) is 10.8. The molecule has 0 heterocycles. The Labute approximate surface area is 120 Å². The summed E-state index contributed by atoms with van der Waals surface area (Å²) >= 11 is 0. The van der Waals surface area contributed by atoms with Gasteiger partial charge in [0.05, 0.1) is 6.61 Å². The van der Waals surface area contributed by atoms with E-state index in [1.807, 2.05) is 0 Å². The molecular weight excluding hydrogens is 260 g/mol. The summed E-state index contributed by atoms with van der Waals surface area (Å²) in [6.45, 7) is 2.66. The first-order valence-electron chi connectivity index (χ1n) is 7.49. The van der Waals surface area contributed by atoms with Crippen LogP contribution in [0.25, 0.3) is 0 Å². The molecule has 2 nitrogen and oxygen atoms in total. The summed E-state index contributed by atoms with van der Waals surface area (Å²) in [5.74, 6) is -1.63. The van der Waals surface area contributed by atoms with Crippen LogP contribution in [0.3, 0.4) is 0 Å². The van der Waals surface area contributed by atoms with Crippen LogP contribution in [-0.4, -0.2) is 6.61 Å². The summed E-state index contributed by atoms with van der Waals surface area (Å²) in [4.78, 5) is 0. The van der Waals surface area contributed by atoms with E-state index < -0.39 is 11.6 Å². The smallest absolute Gasteiger partial charge is 0.190 e. The highest BCUT2D eigenvalue weighted by Crippen LogP contribution is 2.23. The number of ether oxygens (including phenoxy) is 1. The largest absolute Gasteiger partial charge is 0.488 e. The van der Waals surface area contributed by atoms with Crippen LogP contribution in [0, 0.1) is 11.6 Å². The molecule has 0 unspecified atom stereocenters. The van der Waals surface area contributed by atoms with Gasteiger partial charge in [-0.2, -0.15) is 0 Å². The second kappa shape index (κ2) is 9.70. The molecule has 0 saturated carbocycles. The minimum Gasteiger partial charge on any atom is -0.488 e. The van der Waals surface area contributed by atoms with Gasteiger partial charge in [0.25, 0.3) is 0 Å². The fourth-order valence-electron chi connectivity index (χ4n) is 2.10. The van der Waals surface area contributed by atoms with Crippen molar-refractivity contribution in [2.75, 3.05) is 6.61 Å². The Morgan fingerprint density at radius 2 is 1.50 bits per heavy atom. The van der Waals surface area contributed by atoms with Gasteiger partial charge in [-0.3, -0.25) is 0 Å².